The van der Waals surface area contributed by atoms with Gasteiger partial charge in [0.15, 0.2) is 5.16 Å². The normalized spacial score (nSPS) is 11.6. The predicted octanol–water partition coefficient (Wildman–Crippen LogP) is 0.179. The molecule has 3 N–H and O–H groups in total. The van der Waals surface area contributed by atoms with E-state index >= 15 is 0 Å². The molecule has 0 saturated carbocycles. The molecule has 0 aliphatic carbocycles. The lowest BCUT2D eigenvalue weighted by atomic mass is 10.2. The fourth-order valence-corrected chi connectivity index (χ4v) is 3.37. The van der Waals surface area contributed by atoms with Crippen molar-refractivity contribution < 1.29 is 13.2 Å². The molecule has 0 bridgehead atoms. The second-order valence-corrected chi connectivity index (χ2v) is 7.56. The van der Waals surface area contributed by atoms with Gasteiger partial charge in [-0.1, -0.05) is 29.5 Å². The fraction of sp³-hybridized carbons (Fsp3) is 0.308. The third-order valence-corrected chi connectivity index (χ3v) is 5.48. The van der Waals surface area contributed by atoms with Gasteiger partial charge in [0.25, 0.3) is 0 Å². The van der Waals surface area contributed by atoms with Crippen molar-refractivity contribution in [3.63, 3.8) is 0 Å². The number of aryl methyl sites for hydroxylation is 1. The zero-order valence-electron chi connectivity index (χ0n) is 12.7. The number of hydrogen-bond donors (Lipinski definition) is 2. The van der Waals surface area contributed by atoms with E-state index in [1.165, 1.54) is 0 Å². The van der Waals surface area contributed by atoms with Crippen LogP contribution >= 0.6 is 11.8 Å². The molecule has 1 aromatic carbocycles. The number of carbonyl (C=O) groups is 1. The van der Waals surface area contributed by atoms with Gasteiger partial charge in [0.05, 0.1) is 17.2 Å². The predicted molar refractivity (Wildman–Crippen MR) is 86.1 cm³/mol. The minimum Gasteiger partial charge on any atom is -0.369 e. The molecule has 0 atom stereocenters. The summed E-state index contributed by atoms with van der Waals surface area (Å²) in [7, 11) is -1.93. The summed E-state index contributed by atoms with van der Waals surface area (Å²) in [5.74, 6) is 0.0634. The molecule has 0 saturated heterocycles. The number of rotatable bonds is 7. The van der Waals surface area contributed by atoms with Crippen LogP contribution in [0.25, 0.3) is 0 Å². The molecule has 124 valence electrons. The summed E-state index contributed by atoms with van der Waals surface area (Å²) in [6.45, 7) is 1.88. The van der Waals surface area contributed by atoms with Crippen LogP contribution < -0.4 is 10.5 Å². The van der Waals surface area contributed by atoms with Crippen molar-refractivity contribution in [2.24, 2.45) is 12.8 Å². The largest absolute Gasteiger partial charge is 0.369 e. The van der Waals surface area contributed by atoms with Crippen molar-refractivity contribution in [1.29, 1.82) is 0 Å². The lowest BCUT2D eigenvalue weighted by molar-refractivity contribution is -0.115. The topological polar surface area (TPSA) is 120 Å². The van der Waals surface area contributed by atoms with E-state index < -0.39 is 15.9 Å². The number of aromatic nitrogens is 3. The maximum absolute atomic E-state index is 12.2. The molecule has 23 heavy (non-hydrogen) atoms. The number of carbonyl (C=O) groups excluding carboxylic acids is 1. The Balaban J connectivity index is 2.05. The lowest BCUT2D eigenvalue weighted by Gasteiger charge is -2.07. The van der Waals surface area contributed by atoms with Gasteiger partial charge in [-0.15, -0.1) is 10.2 Å². The standard InChI is InChI=1S/C13H17N5O3S2/c1-9-3-5-10(6-4-9)23(20,21)15-7-12-16-17-13(18(12)2)22-8-11(14)19/h3-6,15H,7-8H2,1-2H3,(H2,14,19). The minimum atomic E-state index is -3.62. The highest BCUT2D eigenvalue weighted by Crippen LogP contribution is 2.15. The average molecular weight is 355 g/mol. The first-order valence-corrected chi connectivity index (χ1v) is 9.12. The van der Waals surface area contributed by atoms with E-state index in [-0.39, 0.29) is 17.2 Å². The molecule has 0 fully saturated rings. The van der Waals surface area contributed by atoms with Crippen molar-refractivity contribution in [3.8, 4) is 0 Å². The Morgan fingerprint density at radius 2 is 1.96 bits per heavy atom. The highest BCUT2D eigenvalue weighted by atomic mass is 32.2. The Labute approximate surface area is 138 Å². The van der Waals surface area contributed by atoms with Crippen LogP contribution in [0, 0.1) is 6.92 Å². The summed E-state index contributed by atoms with van der Waals surface area (Å²) in [5, 5.41) is 8.32. The number of thioether (sulfide) groups is 1. The van der Waals surface area contributed by atoms with Crippen LogP contribution in [0.4, 0.5) is 0 Å². The van der Waals surface area contributed by atoms with Gasteiger partial charge in [-0.2, -0.15) is 0 Å². The van der Waals surface area contributed by atoms with E-state index in [1.807, 2.05) is 6.92 Å². The number of nitrogens with two attached hydrogens (primary N) is 1. The number of nitrogens with one attached hydrogen (secondary N) is 1. The Bertz CT molecular complexity index is 800. The number of benzene rings is 1. The quantitative estimate of drug-likeness (QED) is 0.684. The van der Waals surface area contributed by atoms with Gasteiger partial charge >= 0.3 is 0 Å². The van der Waals surface area contributed by atoms with Gasteiger partial charge in [-0.25, -0.2) is 13.1 Å². The van der Waals surface area contributed by atoms with E-state index in [2.05, 4.69) is 14.9 Å². The third-order valence-electron chi connectivity index (χ3n) is 3.02. The molecule has 0 unspecified atom stereocenters. The SMILES string of the molecule is Cc1ccc(S(=O)(=O)NCc2nnc(SCC(N)=O)n2C)cc1. The van der Waals surface area contributed by atoms with Crippen LogP contribution in [0.2, 0.25) is 0 Å². The second-order valence-electron chi connectivity index (χ2n) is 4.85. The number of hydrogen-bond acceptors (Lipinski definition) is 6. The summed E-state index contributed by atoms with van der Waals surface area (Å²) in [5.41, 5.74) is 6.06. The maximum Gasteiger partial charge on any atom is 0.240 e. The van der Waals surface area contributed by atoms with Gasteiger partial charge in [0.1, 0.15) is 5.82 Å². The van der Waals surface area contributed by atoms with Gasteiger partial charge in [0.2, 0.25) is 15.9 Å². The lowest BCUT2D eigenvalue weighted by Crippen LogP contribution is -2.24. The Hall–Kier alpha value is -1.91. The van der Waals surface area contributed by atoms with Crippen LogP contribution in [0.15, 0.2) is 34.3 Å². The zero-order valence-corrected chi connectivity index (χ0v) is 14.3. The molecule has 1 aromatic heterocycles. The van der Waals surface area contributed by atoms with E-state index in [0.29, 0.717) is 11.0 Å². The van der Waals surface area contributed by atoms with E-state index in [4.69, 9.17) is 5.73 Å². The monoisotopic (exact) mass is 355 g/mol. The maximum atomic E-state index is 12.2. The van der Waals surface area contributed by atoms with Crippen molar-refractivity contribution in [2.45, 2.75) is 23.5 Å². The van der Waals surface area contributed by atoms with Gasteiger partial charge in [0, 0.05) is 7.05 Å². The third kappa shape index (κ3) is 4.53. The molecule has 2 aromatic rings. The molecule has 8 nitrogen and oxygen atoms in total. The van der Waals surface area contributed by atoms with E-state index in [1.54, 1.807) is 35.9 Å². The summed E-state index contributed by atoms with van der Waals surface area (Å²) < 4.78 is 28.5. The van der Waals surface area contributed by atoms with Crippen LogP contribution in [-0.4, -0.2) is 34.8 Å². The Morgan fingerprint density at radius 1 is 1.30 bits per heavy atom. The molecule has 1 heterocycles. The molecule has 2 rings (SSSR count). The van der Waals surface area contributed by atoms with Crippen molar-refractivity contribution in [2.75, 3.05) is 5.75 Å². The van der Waals surface area contributed by atoms with Crippen LogP contribution in [0.5, 0.6) is 0 Å². The summed E-state index contributed by atoms with van der Waals surface area (Å²) >= 11 is 1.14. The van der Waals surface area contributed by atoms with Gasteiger partial charge < -0.3 is 10.3 Å². The van der Waals surface area contributed by atoms with Crippen LogP contribution in [0.1, 0.15) is 11.4 Å². The van der Waals surface area contributed by atoms with Crippen molar-refractivity contribution >= 4 is 27.7 Å². The number of nitrogens with zero attached hydrogens (tertiary/aromatic N) is 3. The molecule has 0 aliphatic rings. The minimum absolute atomic E-state index is 0.00313. The fourth-order valence-electron chi connectivity index (χ4n) is 1.72. The number of sulfonamides is 1. The molecule has 10 heteroatoms. The second kappa shape index (κ2) is 7.11. The first-order chi connectivity index (χ1) is 10.8. The highest BCUT2D eigenvalue weighted by molar-refractivity contribution is 7.99. The van der Waals surface area contributed by atoms with Gasteiger partial charge in [-0.05, 0) is 19.1 Å². The zero-order chi connectivity index (χ0) is 17.0. The van der Waals surface area contributed by atoms with Crippen molar-refractivity contribution in [1.82, 2.24) is 19.5 Å². The smallest absolute Gasteiger partial charge is 0.240 e. The first-order valence-electron chi connectivity index (χ1n) is 6.65. The Kier molecular flexibility index (Phi) is 5.39. The van der Waals surface area contributed by atoms with Crippen LogP contribution in [-0.2, 0) is 28.4 Å². The molecular formula is C13H17N5O3S2. The molecule has 0 radical (unpaired) electrons. The average Bonchev–Trinajstić information content (AvgIpc) is 2.84. The molecular weight excluding hydrogens is 338 g/mol. The van der Waals surface area contributed by atoms with Gasteiger partial charge in [-0.3, -0.25) is 4.79 Å². The summed E-state index contributed by atoms with van der Waals surface area (Å²) in [6, 6.07) is 6.55. The summed E-state index contributed by atoms with van der Waals surface area (Å²) in [6.07, 6.45) is 0. The van der Waals surface area contributed by atoms with E-state index in [0.717, 1.165) is 17.3 Å². The van der Waals surface area contributed by atoms with Crippen LogP contribution in [0.3, 0.4) is 0 Å². The highest BCUT2D eigenvalue weighted by Gasteiger charge is 2.16. The molecule has 0 spiro atoms. The number of amides is 1. The molecule has 1 amide bonds. The Morgan fingerprint density at radius 3 is 2.57 bits per heavy atom. The van der Waals surface area contributed by atoms with Crippen molar-refractivity contribution in [3.05, 3.63) is 35.7 Å². The summed E-state index contributed by atoms with van der Waals surface area (Å²) in [4.78, 5) is 11.0. The van der Waals surface area contributed by atoms with E-state index in [9.17, 15) is 13.2 Å². The first kappa shape index (κ1) is 17.4. The molecule has 0 aliphatic heterocycles. The number of primary amides is 1.